The molecule has 3 rings (SSSR count). The topological polar surface area (TPSA) is 24.2 Å². The number of piperidine rings is 1. The lowest BCUT2D eigenvalue weighted by molar-refractivity contribution is -0.672. The average Bonchev–Trinajstić information content (AvgIpc) is 2.56. The van der Waals surface area contributed by atoms with Gasteiger partial charge < -0.3 is 28.9 Å². The van der Waals surface area contributed by atoms with Gasteiger partial charge in [-0.05, 0) is 30.9 Å². The molecule has 4 heteroatoms. The Labute approximate surface area is 155 Å². The zero-order valence-corrected chi connectivity index (χ0v) is 15.6. The lowest BCUT2D eigenvalue weighted by Gasteiger charge is -2.35. The molecule has 1 atom stereocenters. The number of amides is 1. The minimum absolute atomic E-state index is 0. The van der Waals surface area contributed by atoms with Crippen molar-refractivity contribution in [1.82, 2.24) is 4.90 Å². The smallest absolute Gasteiger partial charge is 0.227 e. The van der Waals surface area contributed by atoms with Crippen LogP contribution in [-0.2, 0) is 18.3 Å². The van der Waals surface area contributed by atoms with Crippen molar-refractivity contribution >= 4 is 5.91 Å². The van der Waals surface area contributed by atoms with Crippen molar-refractivity contribution in [3.63, 3.8) is 0 Å². The Morgan fingerprint density at radius 2 is 1.96 bits per heavy atom. The third kappa shape index (κ3) is 4.53. The van der Waals surface area contributed by atoms with E-state index >= 15 is 0 Å². The first kappa shape index (κ1) is 17.9. The quantitative estimate of drug-likeness (QED) is 0.497. The minimum atomic E-state index is 0. The largest absolute Gasteiger partial charge is 1.00 e. The van der Waals surface area contributed by atoms with Crippen LogP contribution in [0.3, 0.4) is 0 Å². The van der Waals surface area contributed by atoms with Gasteiger partial charge in [0.05, 0.1) is 12.5 Å². The van der Waals surface area contributed by atoms with Crippen LogP contribution in [0, 0.1) is 0 Å². The summed E-state index contributed by atoms with van der Waals surface area (Å²) in [4.78, 5) is 14.8. The van der Waals surface area contributed by atoms with Gasteiger partial charge in [0.25, 0.3) is 0 Å². The van der Waals surface area contributed by atoms with Gasteiger partial charge in [-0.3, -0.25) is 4.79 Å². The fraction of sp³-hybridized carbons (Fsp3) is 0.368. The van der Waals surface area contributed by atoms with Crippen LogP contribution in [0.2, 0.25) is 0 Å². The number of aromatic nitrogens is 1. The number of aryl methyl sites for hydroxylation is 1. The number of pyridine rings is 1. The molecule has 23 heavy (non-hydrogen) atoms. The number of hydrogen-bond acceptors (Lipinski definition) is 1. The number of rotatable bonds is 3. The van der Waals surface area contributed by atoms with Crippen LogP contribution in [-0.4, -0.2) is 17.4 Å². The van der Waals surface area contributed by atoms with Crippen molar-refractivity contribution in [3.8, 4) is 0 Å². The summed E-state index contributed by atoms with van der Waals surface area (Å²) < 4.78 is 2.06. The van der Waals surface area contributed by atoms with Gasteiger partial charge in [0.2, 0.25) is 5.91 Å². The summed E-state index contributed by atoms with van der Waals surface area (Å²) in [5.74, 6) is 0.238. The van der Waals surface area contributed by atoms with Gasteiger partial charge in [0.15, 0.2) is 12.4 Å². The van der Waals surface area contributed by atoms with Crippen LogP contribution < -0.4 is 28.5 Å². The Morgan fingerprint density at radius 3 is 2.70 bits per heavy atom. The van der Waals surface area contributed by atoms with Crippen LogP contribution in [0.25, 0.3) is 0 Å². The second kappa shape index (κ2) is 8.43. The highest BCUT2D eigenvalue weighted by atomic mass is 127. The molecule has 0 saturated carbocycles. The number of carbonyl (C=O) groups excluding carboxylic acids is 1. The highest BCUT2D eigenvalue weighted by Gasteiger charge is 2.28. The van der Waals surface area contributed by atoms with E-state index in [1.165, 1.54) is 12.0 Å². The van der Waals surface area contributed by atoms with Crippen molar-refractivity contribution in [2.24, 2.45) is 7.05 Å². The highest BCUT2D eigenvalue weighted by Crippen LogP contribution is 2.30. The van der Waals surface area contributed by atoms with Crippen molar-refractivity contribution in [2.45, 2.75) is 31.7 Å². The maximum Gasteiger partial charge on any atom is 0.227 e. The van der Waals surface area contributed by atoms with Crippen molar-refractivity contribution < 1.29 is 33.3 Å². The lowest BCUT2D eigenvalue weighted by Crippen LogP contribution is -3.00. The summed E-state index contributed by atoms with van der Waals surface area (Å²) in [6.07, 6.45) is 8.02. The zero-order chi connectivity index (χ0) is 15.4. The first-order valence-corrected chi connectivity index (χ1v) is 8.02. The molecule has 1 aromatic heterocycles. The highest BCUT2D eigenvalue weighted by molar-refractivity contribution is 5.79. The SMILES string of the molecule is C[n+]1cccc(C2CCCCN2C(=O)Cc2ccccc2)c1.[I-]. The summed E-state index contributed by atoms with van der Waals surface area (Å²) >= 11 is 0. The molecule has 2 heterocycles. The van der Waals surface area contributed by atoms with E-state index < -0.39 is 0 Å². The Bertz CT molecular complexity index is 645. The van der Waals surface area contributed by atoms with E-state index in [9.17, 15) is 4.79 Å². The van der Waals surface area contributed by atoms with E-state index in [1.54, 1.807) is 0 Å². The average molecular weight is 422 g/mol. The Morgan fingerprint density at radius 1 is 1.17 bits per heavy atom. The first-order valence-electron chi connectivity index (χ1n) is 8.02. The van der Waals surface area contributed by atoms with Crippen molar-refractivity contribution in [1.29, 1.82) is 0 Å². The maximum atomic E-state index is 12.8. The van der Waals surface area contributed by atoms with Crippen LogP contribution in [0.1, 0.15) is 36.4 Å². The summed E-state index contributed by atoms with van der Waals surface area (Å²) in [6.45, 7) is 0.870. The molecule has 0 bridgehead atoms. The third-order valence-electron chi connectivity index (χ3n) is 4.37. The third-order valence-corrected chi connectivity index (χ3v) is 4.37. The number of nitrogens with zero attached hydrogens (tertiary/aromatic N) is 2. The van der Waals surface area contributed by atoms with Gasteiger partial charge in [0.1, 0.15) is 7.05 Å². The van der Waals surface area contributed by atoms with E-state index in [0.29, 0.717) is 6.42 Å². The monoisotopic (exact) mass is 422 g/mol. The molecule has 1 aromatic carbocycles. The fourth-order valence-electron chi connectivity index (χ4n) is 3.26. The van der Waals surface area contributed by atoms with Crippen LogP contribution in [0.4, 0.5) is 0 Å². The van der Waals surface area contributed by atoms with Gasteiger partial charge in [0, 0.05) is 18.2 Å². The van der Waals surface area contributed by atoms with Crippen LogP contribution in [0.5, 0.6) is 0 Å². The normalized spacial score (nSPS) is 17.4. The lowest BCUT2D eigenvalue weighted by atomic mass is 9.95. The summed E-state index contributed by atoms with van der Waals surface area (Å²) in [6, 6.07) is 14.4. The van der Waals surface area contributed by atoms with Gasteiger partial charge in [-0.15, -0.1) is 0 Å². The molecule has 1 saturated heterocycles. The second-order valence-corrected chi connectivity index (χ2v) is 6.06. The number of halogens is 1. The Kier molecular flexibility index (Phi) is 6.57. The maximum absolute atomic E-state index is 12.8. The predicted molar refractivity (Wildman–Crippen MR) is 86.1 cm³/mol. The van der Waals surface area contributed by atoms with Crippen molar-refractivity contribution in [3.05, 3.63) is 66.0 Å². The van der Waals surface area contributed by atoms with E-state index in [1.807, 2.05) is 43.6 Å². The summed E-state index contributed by atoms with van der Waals surface area (Å²) in [5, 5.41) is 0. The molecule has 0 aliphatic carbocycles. The molecule has 0 N–H and O–H groups in total. The molecule has 3 nitrogen and oxygen atoms in total. The van der Waals surface area contributed by atoms with Gasteiger partial charge in [-0.25, -0.2) is 4.57 Å². The molecule has 1 aliphatic heterocycles. The van der Waals surface area contributed by atoms with Crippen LogP contribution in [0.15, 0.2) is 54.9 Å². The van der Waals surface area contributed by atoms with Gasteiger partial charge >= 0.3 is 0 Å². The predicted octanol–water partition coefficient (Wildman–Crippen LogP) is -0.189. The molecule has 1 aliphatic rings. The second-order valence-electron chi connectivity index (χ2n) is 6.06. The first-order chi connectivity index (χ1) is 10.7. The number of hydrogen-bond donors (Lipinski definition) is 0. The summed E-state index contributed by atoms with van der Waals surface area (Å²) in [5.41, 5.74) is 2.33. The molecule has 0 radical (unpaired) electrons. The fourth-order valence-corrected chi connectivity index (χ4v) is 3.26. The number of benzene rings is 1. The molecule has 1 fully saturated rings. The molecule has 2 aromatic rings. The molecular weight excluding hydrogens is 399 g/mol. The molecule has 122 valence electrons. The standard InChI is InChI=1S/C19H23N2O.HI/c1-20-12-7-10-17(15-20)18-11-5-6-13-21(18)19(22)14-16-8-3-2-4-9-16;/h2-4,7-10,12,15,18H,5-6,11,13-14H2,1H3;1H/q+1;/p-1. The minimum Gasteiger partial charge on any atom is -1.00 e. The van der Waals surface area contributed by atoms with E-state index in [-0.39, 0.29) is 35.9 Å². The van der Waals surface area contributed by atoms with Crippen molar-refractivity contribution in [2.75, 3.05) is 6.54 Å². The van der Waals surface area contributed by atoms with E-state index in [4.69, 9.17) is 0 Å². The van der Waals surface area contributed by atoms with Gasteiger partial charge in [-0.2, -0.15) is 0 Å². The summed E-state index contributed by atoms with van der Waals surface area (Å²) in [7, 11) is 2.03. The zero-order valence-electron chi connectivity index (χ0n) is 13.5. The van der Waals surface area contributed by atoms with E-state index in [0.717, 1.165) is 24.9 Å². The van der Waals surface area contributed by atoms with E-state index in [2.05, 4.69) is 27.8 Å². The molecule has 1 amide bonds. The Hall–Kier alpha value is -1.43. The Balaban J connectivity index is 0.00000192. The molecular formula is C19H23IN2O. The number of likely N-dealkylation sites (tertiary alicyclic amines) is 1. The molecule has 0 spiro atoms. The van der Waals surface area contributed by atoms with Gasteiger partial charge in [-0.1, -0.05) is 30.3 Å². The van der Waals surface area contributed by atoms with Crippen LogP contribution >= 0.6 is 0 Å². The number of carbonyl (C=O) groups is 1. The molecule has 1 unspecified atom stereocenters.